The predicted molar refractivity (Wildman–Crippen MR) is 95.9 cm³/mol. The van der Waals surface area contributed by atoms with Crippen LogP contribution in [0, 0.1) is 5.82 Å². The molecule has 3 aromatic rings. The van der Waals surface area contributed by atoms with Crippen molar-refractivity contribution in [1.29, 1.82) is 0 Å². The number of nitrogens with two attached hydrogens (primary N) is 1. The topological polar surface area (TPSA) is 129 Å². The summed E-state index contributed by atoms with van der Waals surface area (Å²) in [5.41, 5.74) is 5.60. The van der Waals surface area contributed by atoms with E-state index in [9.17, 15) is 14.3 Å². The number of urea groups is 1. The third-order valence-corrected chi connectivity index (χ3v) is 3.90. The molecule has 8 nitrogen and oxygen atoms in total. The summed E-state index contributed by atoms with van der Waals surface area (Å²) >= 11 is 0. The highest BCUT2D eigenvalue weighted by atomic mass is 19.1. The van der Waals surface area contributed by atoms with E-state index in [0.29, 0.717) is 22.3 Å². The summed E-state index contributed by atoms with van der Waals surface area (Å²) in [5.74, 6) is 0.207. The van der Waals surface area contributed by atoms with Gasteiger partial charge in [0.25, 0.3) is 0 Å². The molecule has 1 atom stereocenters. The van der Waals surface area contributed by atoms with Gasteiger partial charge in [-0.3, -0.25) is 10.4 Å². The number of nitrogen functional groups attached to an aromatic ring is 1. The van der Waals surface area contributed by atoms with Gasteiger partial charge >= 0.3 is 6.03 Å². The number of halogens is 1. The molecule has 0 aliphatic rings. The zero-order chi connectivity index (χ0) is 18.9. The summed E-state index contributed by atoms with van der Waals surface area (Å²) in [6.45, 7) is 3.11. The third kappa shape index (κ3) is 3.72. The van der Waals surface area contributed by atoms with Crippen molar-refractivity contribution >= 4 is 28.6 Å². The highest BCUT2D eigenvalue weighted by molar-refractivity contribution is 5.93. The van der Waals surface area contributed by atoms with Crippen LogP contribution in [-0.2, 0) is 0 Å². The maximum atomic E-state index is 13.1. The number of anilines is 2. The SMILES string of the molecule is CC(C)(O)C(NC(=O)Nc1cc2[nH]nc(N)c2cn1)c1ccc(F)cc1. The molecule has 2 aromatic heterocycles. The molecule has 0 radical (unpaired) electrons. The molecule has 136 valence electrons. The van der Waals surface area contributed by atoms with Crippen LogP contribution in [0.2, 0.25) is 0 Å². The monoisotopic (exact) mass is 358 g/mol. The molecule has 0 fully saturated rings. The smallest absolute Gasteiger partial charge is 0.320 e. The first-order valence-corrected chi connectivity index (χ1v) is 7.89. The number of pyridine rings is 1. The van der Waals surface area contributed by atoms with Crippen molar-refractivity contribution in [3.05, 3.63) is 47.9 Å². The Hall–Kier alpha value is -3.20. The number of nitrogens with zero attached hydrogens (tertiary/aromatic N) is 2. The number of aliphatic hydroxyl groups is 1. The molecular formula is C17H19FN6O2. The number of carbonyl (C=O) groups excluding carboxylic acids is 1. The van der Waals surface area contributed by atoms with E-state index in [2.05, 4.69) is 25.8 Å². The summed E-state index contributed by atoms with van der Waals surface area (Å²) in [6, 6.07) is 5.83. The molecule has 0 spiro atoms. The van der Waals surface area contributed by atoms with Gasteiger partial charge in [-0.15, -0.1) is 0 Å². The second kappa shape index (κ2) is 6.60. The molecule has 1 aromatic carbocycles. The fourth-order valence-electron chi connectivity index (χ4n) is 2.61. The molecule has 2 heterocycles. The first-order chi connectivity index (χ1) is 12.2. The molecule has 2 amide bonds. The molecule has 0 aliphatic carbocycles. The number of aromatic amines is 1. The largest absolute Gasteiger partial charge is 0.388 e. The minimum atomic E-state index is -1.27. The Morgan fingerprint density at radius 2 is 2.04 bits per heavy atom. The Morgan fingerprint density at radius 3 is 2.69 bits per heavy atom. The Kier molecular flexibility index (Phi) is 4.47. The van der Waals surface area contributed by atoms with Crippen LogP contribution < -0.4 is 16.4 Å². The molecule has 0 aliphatic heterocycles. The zero-order valence-corrected chi connectivity index (χ0v) is 14.2. The van der Waals surface area contributed by atoms with Crippen LogP contribution >= 0.6 is 0 Å². The summed E-state index contributed by atoms with van der Waals surface area (Å²) in [5, 5.41) is 22.9. The molecule has 9 heteroatoms. The van der Waals surface area contributed by atoms with Gasteiger partial charge in [0.1, 0.15) is 11.6 Å². The average molecular weight is 358 g/mol. The van der Waals surface area contributed by atoms with E-state index in [1.165, 1.54) is 30.5 Å². The van der Waals surface area contributed by atoms with Crippen molar-refractivity contribution in [3.8, 4) is 0 Å². The fraction of sp³-hybridized carbons (Fsp3) is 0.235. The van der Waals surface area contributed by atoms with Gasteiger partial charge < -0.3 is 16.2 Å². The Balaban J connectivity index is 1.77. The van der Waals surface area contributed by atoms with Gasteiger partial charge in [-0.25, -0.2) is 14.2 Å². The lowest BCUT2D eigenvalue weighted by Gasteiger charge is -2.30. The van der Waals surface area contributed by atoms with E-state index in [-0.39, 0.29) is 5.82 Å². The summed E-state index contributed by atoms with van der Waals surface area (Å²) in [7, 11) is 0. The second-order valence-electron chi connectivity index (χ2n) is 6.46. The molecule has 26 heavy (non-hydrogen) atoms. The van der Waals surface area contributed by atoms with Crippen LogP contribution in [0.3, 0.4) is 0 Å². The lowest BCUT2D eigenvalue weighted by atomic mass is 9.92. The maximum Gasteiger partial charge on any atom is 0.320 e. The second-order valence-corrected chi connectivity index (χ2v) is 6.46. The fourth-order valence-corrected chi connectivity index (χ4v) is 2.61. The van der Waals surface area contributed by atoms with Gasteiger partial charge in [0.2, 0.25) is 0 Å². The van der Waals surface area contributed by atoms with Crippen LogP contribution in [0.4, 0.5) is 20.8 Å². The van der Waals surface area contributed by atoms with Crippen molar-refractivity contribution in [2.24, 2.45) is 0 Å². The van der Waals surface area contributed by atoms with Crippen molar-refractivity contribution in [3.63, 3.8) is 0 Å². The van der Waals surface area contributed by atoms with Crippen LogP contribution in [-0.4, -0.2) is 31.9 Å². The predicted octanol–water partition coefficient (Wildman–Crippen LogP) is 2.31. The number of fused-ring (bicyclic) bond motifs is 1. The first kappa shape index (κ1) is 17.6. The van der Waals surface area contributed by atoms with E-state index in [4.69, 9.17) is 5.73 Å². The highest BCUT2D eigenvalue weighted by Crippen LogP contribution is 2.26. The number of aromatic nitrogens is 3. The average Bonchev–Trinajstić information content (AvgIpc) is 2.93. The summed E-state index contributed by atoms with van der Waals surface area (Å²) in [4.78, 5) is 16.5. The lowest BCUT2D eigenvalue weighted by Crippen LogP contribution is -2.43. The highest BCUT2D eigenvalue weighted by Gasteiger charge is 2.30. The number of rotatable bonds is 4. The molecule has 3 rings (SSSR count). The number of H-pyrrole nitrogens is 1. The normalized spacial score (nSPS) is 12.8. The molecular weight excluding hydrogens is 339 g/mol. The lowest BCUT2D eigenvalue weighted by molar-refractivity contribution is 0.0415. The van der Waals surface area contributed by atoms with Crippen molar-refractivity contribution in [1.82, 2.24) is 20.5 Å². The van der Waals surface area contributed by atoms with Gasteiger partial charge in [0, 0.05) is 12.3 Å². The number of nitrogens with one attached hydrogen (secondary N) is 3. The quantitative estimate of drug-likeness (QED) is 0.489. The minimum Gasteiger partial charge on any atom is -0.388 e. The van der Waals surface area contributed by atoms with E-state index in [1.807, 2.05) is 0 Å². The van der Waals surface area contributed by atoms with E-state index >= 15 is 0 Å². The third-order valence-electron chi connectivity index (χ3n) is 3.90. The molecule has 0 saturated carbocycles. The molecule has 0 saturated heterocycles. The Morgan fingerprint density at radius 1 is 1.35 bits per heavy atom. The van der Waals surface area contributed by atoms with Crippen LogP contribution in [0.5, 0.6) is 0 Å². The number of benzene rings is 1. The van der Waals surface area contributed by atoms with Crippen molar-refractivity contribution < 1.29 is 14.3 Å². The van der Waals surface area contributed by atoms with Crippen LogP contribution in [0.1, 0.15) is 25.5 Å². The summed E-state index contributed by atoms with van der Waals surface area (Å²) in [6.07, 6.45) is 1.50. The molecule has 0 bridgehead atoms. The van der Waals surface area contributed by atoms with Crippen LogP contribution in [0.25, 0.3) is 10.9 Å². The number of amides is 2. The van der Waals surface area contributed by atoms with Crippen LogP contribution in [0.15, 0.2) is 36.5 Å². The number of hydrogen-bond donors (Lipinski definition) is 5. The Bertz CT molecular complexity index is 933. The van der Waals surface area contributed by atoms with Gasteiger partial charge in [-0.05, 0) is 31.5 Å². The standard InChI is InChI=1S/C17H19FN6O2/c1-17(2,26)14(9-3-5-10(18)6-4-9)22-16(25)21-13-7-12-11(8-20-13)15(19)24-23-12/h3-8,14,26H,1-2H3,(H3,19,23,24)(H2,20,21,22,25). The van der Waals surface area contributed by atoms with E-state index < -0.39 is 23.5 Å². The Labute approximate surface area is 148 Å². The van der Waals surface area contributed by atoms with Gasteiger partial charge in [-0.1, -0.05) is 12.1 Å². The van der Waals surface area contributed by atoms with Gasteiger partial charge in [0.15, 0.2) is 5.82 Å². The number of hydrogen-bond acceptors (Lipinski definition) is 5. The van der Waals surface area contributed by atoms with E-state index in [1.54, 1.807) is 19.9 Å². The van der Waals surface area contributed by atoms with E-state index in [0.717, 1.165) is 0 Å². The maximum absolute atomic E-state index is 13.1. The van der Waals surface area contributed by atoms with Gasteiger partial charge in [-0.2, -0.15) is 5.10 Å². The van der Waals surface area contributed by atoms with Gasteiger partial charge in [0.05, 0.1) is 22.5 Å². The van der Waals surface area contributed by atoms with Crippen molar-refractivity contribution in [2.75, 3.05) is 11.1 Å². The van der Waals surface area contributed by atoms with Crippen molar-refractivity contribution in [2.45, 2.75) is 25.5 Å². The first-order valence-electron chi connectivity index (χ1n) is 7.89. The molecule has 1 unspecified atom stereocenters. The zero-order valence-electron chi connectivity index (χ0n) is 14.2. The summed E-state index contributed by atoms with van der Waals surface area (Å²) < 4.78 is 13.1. The minimum absolute atomic E-state index is 0.284. The number of carbonyl (C=O) groups is 1. The molecule has 6 N–H and O–H groups in total.